The van der Waals surface area contributed by atoms with Crippen LogP contribution in [0.5, 0.6) is 0 Å². The van der Waals surface area contributed by atoms with Crippen molar-refractivity contribution in [3.63, 3.8) is 0 Å². The molecule has 36 heavy (non-hydrogen) atoms. The Morgan fingerprint density at radius 3 is 2.31 bits per heavy atom. The zero-order valence-corrected chi connectivity index (χ0v) is 22.9. The van der Waals surface area contributed by atoms with E-state index in [9.17, 15) is 30.0 Å². The van der Waals surface area contributed by atoms with Crippen molar-refractivity contribution in [3.8, 4) is 0 Å². The van der Waals surface area contributed by atoms with Gasteiger partial charge in [0.25, 0.3) is 0 Å². The second kappa shape index (κ2) is 7.66. The molecule has 5 rings (SSSR count). The minimum Gasteiger partial charge on any atom is -0.481 e. The van der Waals surface area contributed by atoms with Crippen LogP contribution in [0.3, 0.4) is 0 Å². The highest BCUT2D eigenvalue weighted by Crippen LogP contribution is 2.75. The van der Waals surface area contributed by atoms with Crippen LogP contribution in [0.25, 0.3) is 0 Å². The van der Waals surface area contributed by atoms with Crippen LogP contribution in [0.1, 0.15) is 92.9 Å². The van der Waals surface area contributed by atoms with Gasteiger partial charge in [0.2, 0.25) is 0 Å². The van der Waals surface area contributed by atoms with Crippen LogP contribution in [0, 0.1) is 50.7 Å². The van der Waals surface area contributed by atoms with Gasteiger partial charge in [0, 0.05) is 11.8 Å². The molecule has 5 aliphatic carbocycles. The number of carboxylic acid groups (broad SMARTS) is 1. The smallest absolute Gasteiger partial charge is 0.310 e. The monoisotopic (exact) mass is 502 g/mol. The second-order valence-corrected chi connectivity index (χ2v) is 14.6. The number of aliphatic hydroxyl groups excluding tert-OH is 2. The summed E-state index contributed by atoms with van der Waals surface area (Å²) < 4.78 is 0. The highest BCUT2D eigenvalue weighted by Gasteiger charge is 2.73. The number of aliphatic carboxylic acids is 1. The summed E-state index contributed by atoms with van der Waals surface area (Å²) in [4.78, 5) is 25.2. The van der Waals surface area contributed by atoms with Crippen molar-refractivity contribution in [3.05, 3.63) is 11.6 Å². The average molecular weight is 503 g/mol. The van der Waals surface area contributed by atoms with Gasteiger partial charge in [0.05, 0.1) is 28.6 Å². The third-order valence-electron chi connectivity index (χ3n) is 13.3. The molecule has 6 heteroatoms. The van der Waals surface area contributed by atoms with Crippen molar-refractivity contribution in [1.82, 2.24) is 0 Å². The van der Waals surface area contributed by atoms with Crippen LogP contribution in [-0.4, -0.2) is 50.5 Å². The van der Waals surface area contributed by atoms with Crippen molar-refractivity contribution >= 4 is 12.3 Å². The lowest BCUT2D eigenvalue weighted by molar-refractivity contribution is -0.243. The molecule has 4 unspecified atom stereocenters. The zero-order chi connectivity index (χ0) is 26.7. The number of carbonyl (C=O) groups is 2. The molecule has 0 spiro atoms. The molecule has 0 radical (unpaired) electrons. The summed E-state index contributed by atoms with van der Waals surface area (Å²) in [5.41, 5.74) is -3.04. The first-order valence-corrected chi connectivity index (χ1v) is 14.0. The fraction of sp³-hybridized carbons (Fsp3) is 0.867. The van der Waals surface area contributed by atoms with E-state index in [0.29, 0.717) is 38.5 Å². The Morgan fingerprint density at radius 1 is 1.03 bits per heavy atom. The normalized spacial score (nSPS) is 58.4. The lowest BCUT2D eigenvalue weighted by atomic mass is 9.32. The number of aliphatic hydroxyl groups is 3. The van der Waals surface area contributed by atoms with E-state index in [0.717, 1.165) is 24.7 Å². The fourth-order valence-electron chi connectivity index (χ4n) is 10.9. The summed E-state index contributed by atoms with van der Waals surface area (Å²) in [6.45, 7) is 12.4. The Balaban J connectivity index is 1.67. The Labute approximate surface area is 215 Å². The Kier molecular flexibility index (Phi) is 5.61. The van der Waals surface area contributed by atoms with E-state index in [1.165, 1.54) is 0 Å². The molecule has 12 atom stereocenters. The van der Waals surface area contributed by atoms with Gasteiger partial charge < -0.3 is 25.2 Å². The molecule has 0 aromatic rings. The molecule has 5 aliphatic rings. The second-order valence-electron chi connectivity index (χ2n) is 14.6. The lowest BCUT2D eigenvalue weighted by Crippen LogP contribution is -2.70. The lowest BCUT2D eigenvalue weighted by Gasteiger charge is -2.72. The summed E-state index contributed by atoms with van der Waals surface area (Å²) in [6.07, 6.45) is 6.66. The van der Waals surface area contributed by atoms with Crippen LogP contribution in [-0.2, 0) is 9.59 Å². The number of fused-ring (bicyclic) bond motifs is 7. The maximum absolute atomic E-state index is 12.8. The predicted molar refractivity (Wildman–Crippen MR) is 136 cm³/mol. The van der Waals surface area contributed by atoms with Gasteiger partial charge in [-0.25, -0.2) is 0 Å². The molecule has 4 saturated carbocycles. The minimum absolute atomic E-state index is 0.00395. The molecule has 0 aromatic heterocycles. The molecule has 0 bridgehead atoms. The number of carbonyl (C=O) groups excluding carboxylic acids is 1. The van der Waals surface area contributed by atoms with E-state index in [-0.39, 0.29) is 34.0 Å². The molecule has 4 fully saturated rings. The van der Waals surface area contributed by atoms with Gasteiger partial charge in [0.15, 0.2) is 0 Å². The van der Waals surface area contributed by atoms with Gasteiger partial charge in [-0.05, 0) is 86.4 Å². The van der Waals surface area contributed by atoms with Gasteiger partial charge >= 0.3 is 5.97 Å². The van der Waals surface area contributed by atoms with Crippen molar-refractivity contribution in [2.24, 2.45) is 50.7 Å². The third-order valence-corrected chi connectivity index (χ3v) is 13.3. The van der Waals surface area contributed by atoms with Crippen molar-refractivity contribution in [1.29, 1.82) is 0 Å². The number of allylic oxidation sites excluding steroid dienone is 1. The molecular weight excluding hydrogens is 456 g/mol. The van der Waals surface area contributed by atoms with E-state index in [1.54, 1.807) is 0 Å². The van der Waals surface area contributed by atoms with E-state index in [4.69, 9.17) is 0 Å². The van der Waals surface area contributed by atoms with Gasteiger partial charge in [-0.1, -0.05) is 46.3 Å². The molecule has 0 aliphatic heterocycles. The maximum Gasteiger partial charge on any atom is 0.310 e. The topological polar surface area (TPSA) is 115 Å². The number of aldehydes is 1. The molecule has 0 amide bonds. The molecule has 6 nitrogen and oxygen atoms in total. The highest BCUT2D eigenvalue weighted by molar-refractivity contribution is 5.77. The number of rotatable bonds is 2. The molecule has 0 aromatic carbocycles. The SMILES string of the molecule is C[C@@H]1CC[C@]2(C(=O)O)CC[C@]3(C)C(=CC[C@@H]4[C@@]5(C)CCC(O)C(C)(C=O)C5C(O)C[C@]43C)[C@@H]2[C@]1(C)O. The Hall–Kier alpha value is -1.24. The number of hydrogen-bond donors (Lipinski definition) is 4. The highest BCUT2D eigenvalue weighted by atomic mass is 16.4. The summed E-state index contributed by atoms with van der Waals surface area (Å²) in [6, 6.07) is 0. The first-order chi connectivity index (χ1) is 16.6. The number of hydrogen-bond acceptors (Lipinski definition) is 5. The van der Waals surface area contributed by atoms with Gasteiger partial charge in [0.1, 0.15) is 6.29 Å². The van der Waals surface area contributed by atoms with Gasteiger partial charge in [-0.3, -0.25) is 4.79 Å². The standard InChI is InChI=1S/C30H46O6/c1-17-9-12-30(24(34)35)14-13-27(4)18(22(30)29(17,6)36)7-8-20-25(2)11-10-21(33)26(3,16-31)23(25)19(32)15-28(20,27)5/h7,16-17,19-23,32-33,36H,8-15H2,1-6H3,(H,34,35)/t17-,19?,20-,21?,22-,23?,25-,26?,27-,28-,29-,30+/m1/s1. The summed E-state index contributed by atoms with van der Waals surface area (Å²) in [5.74, 6) is -1.41. The van der Waals surface area contributed by atoms with E-state index in [1.807, 2.05) is 20.8 Å². The van der Waals surface area contributed by atoms with Gasteiger partial charge in [-0.2, -0.15) is 0 Å². The Bertz CT molecular complexity index is 1000. The first-order valence-electron chi connectivity index (χ1n) is 14.0. The quantitative estimate of drug-likeness (QED) is 0.330. The molecule has 0 heterocycles. The van der Waals surface area contributed by atoms with Crippen molar-refractivity contribution in [2.45, 2.75) is 111 Å². The summed E-state index contributed by atoms with van der Waals surface area (Å²) in [7, 11) is 0. The van der Waals surface area contributed by atoms with Crippen LogP contribution in [0.4, 0.5) is 0 Å². The summed E-state index contributed by atoms with van der Waals surface area (Å²) in [5, 5.41) is 45.0. The van der Waals surface area contributed by atoms with Crippen molar-refractivity contribution < 1.29 is 30.0 Å². The third kappa shape index (κ3) is 2.85. The van der Waals surface area contributed by atoms with Crippen molar-refractivity contribution in [2.75, 3.05) is 0 Å². The minimum atomic E-state index is -1.13. The number of carboxylic acids is 1. The van der Waals surface area contributed by atoms with E-state index >= 15 is 0 Å². The maximum atomic E-state index is 12.8. The first kappa shape index (κ1) is 26.4. The fourth-order valence-corrected chi connectivity index (χ4v) is 10.9. The average Bonchev–Trinajstić information content (AvgIpc) is 2.79. The predicted octanol–water partition coefficient (Wildman–Crippen LogP) is 4.35. The largest absolute Gasteiger partial charge is 0.481 e. The Morgan fingerprint density at radius 2 is 1.69 bits per heavy atom. The molecular formula is C30H46O6. The summed E-state index contributed by atoms with van der Waals surface area (Å²) >= 11 is 0. The van der Waals surface area contributed by atoms with Crippen LogP contribution < -0.4 is 0 Å². The zero-order valence-electron chi connectivity index (χ0n) is 22.9. The molecule has 202 valence electrons. The van der Waals surface area contributed by atoms with Crippen LogP contribution in [0.15, 0.2) is 11.6 Å². The molecule has 4 N–H and O–H groups in total. The van der Waals surface area contributed by atoms with Gasteiger partial charge in [-0.15, -0.1) is 0 Å². The van der Waals surface area contributed by atoms with Crippen LogP contribution in [0.2, 0.25) is 0 Å². The van der Waals surface area contributed by atoms with E-state index < -0.39 is 40.5 Å². The van der Waals surface area contributed by atoms with Crippen LogP contribution >= 0.6 is 0 Å². The van der Waals surface area contributed by atoms with E-state index in [2.05, 4.69) is 26.8 Å². The molecule has 0 saturated heterocycles.